The Morgan fingerprint density at radius 1 is 0.848 bits per heavy atom. The molecule has 1 N–H and O–H groups in total. The van der Waals surface area contributed by atoms with Crippen LogP contribution in [0.25, 0.3) is 0 Å². The van der Waals surface area contributed by atoms with Gasteiger partial charge in [0.2, 0.25) is 9.04 Å². The smallest absolute Gasteiger partial charge is 0.303 e. The van der Waals surface area contributed by atoms with Crippen molar-refractivity contribution in [2.75, 3.05) is 0 Å². The van der Waals surface area contributed by atoms with E-state index in [-0.39, 0.29) is 17.9 Å². The first-order valence-corrected chi connectivity index (χ1v) is 13.5. The lowest BCUT2D eigenvalue weighted by Crippen LogP contribution is -2.47. The monoisotopic (exact) mass is 460 g/mol. The van der Waals surface area contributed by atoms with E-state index in [2.05, 4.69) is 106 Å². The predicted molar refractivity (Wildman–Crippen MR) is 139 cm³/mol. The van der Waals surface area contributed by atoms with E-state index in [4.69, 9.17) is 9.53 Å². The van der Waals surface area contributed by atoms with Crippen molar-refractivity contribution >= 4 is 25.4 Å². The summed E-state index contributed by atoms with van der Waals surface area (Å²) in [5, 5.41) is 11.4. The van der Waals surface area contributed by atoms with Crippen LogP contribution in [0.2, 0.25) is 0 Å². The summed E-state index contributed by atoms with van der Waals surface area (Å²) >= 11 is 0. The van der Waals surface area contributed by atoms with Gasteiger partial charge in [-0.05, 0) is 46.2 Å². The molecule has 0 aliphatic rings. The number of carboxylic acids is 1. The van der Waals surface area contributed by atoms with Gasteiger partial charge in [0.05, 0.1) is 6.10 Å². The van der Waals surface area contributed by atoms with Crippen LogP contribution in [0, 0.1) is 5.41 Å². The normalized spacial score (nSPS) is 12.6. The van der Waals surface area contributed by atoms with Crippen molar-refractivity contribution in [2.45, 2.75) is 59.0 Å². The van der Waals surface area contributed by atoms with E-state index in [1.807, 2.05) is 0 Å². The molecule has 0 heterocycles. The molecule has 0 fully saturated rings. The Kier molecular flexibility index (Phi) is 9.04. The van der Waals surface area contributed by atoms with Crippen LogP contribution in [0.4, 0.5) is 0 Å². The Labute approximate surface area is 200 Å². The Morgan fingerprint density at radius 2 is 1.45 bits per heavy atom. The van der Waals surface area contributed by atoms with Crippen LogP contribution in [0.1, 0.15) is 63.7 Å². The second-order valence-corrected chi connectivity index (χ2v) is 12.1. The Hall–Kier alpha value is -2.69. The minimum Gasteiger partial charge on any atom is -0.481 e. The third kappa shape index (κ3) is 7.69. The molecule has 0 amide bonds. The Balaban J connectivity index is 1.82. The number of aryl methyl sites for hydroxylation is 1. The number of rotatable bonds is 11. The lowest BCUT2D eigenvalue weighted by atomic mass is 9.84. The highest BCUT2D eigenvalue weighted by atomic mass is 28.3. The molecule has 3 aromatic rings. The fourth-order valence-corrected chi connectivity index (χ4v) is 6.90. The summed E-state index contributed by atoms with van der Waals surface area (Å²) in [5.74, 6) is -0.710. The second-order valence-electron chi connectivity index (χ2n) is 9.78. The van der Waals surface area contributed by atoms with Crippen LogP contribution >= 0.6 is 0 Å². The van der Waals surface area contributed by atoms with E-state index in [1.54, 1.807) is 0 Å². The number of carboxylic acid groups (broad SMARTS) is 1. The number of carbonyl (C=O) groups is 1. The maximum atomic E-state index is 10.7. The molecule has 0 saturated carbocycles. The van der Waals surface area contributed by atoms with Gasteiger partial charge in [0, 0.05) is 6.42 Å². The zero-order valence-electron chi connectivity index (χ0n) is 20.0. The minimum atomic E-state index is -1.89. The Morgan fingerprint density at radius 3 is 2.00 bits per heavy atom. The predicted octanol–water partition coefficient (Wildman–Crippen LogP) is 5.52. The van der Waals surface area contributed by atoms with Gasteiger partial charge in [-0.2, -0.15) is 0 Å². The molecule has 1 atom stereocenters. The zero-order chi connectivity index (χ0) is 23.7. The van der Waals surface area contributed by atoms with Crippen LogP contribution in [0.3, 0.4) is 0 Å². The second kappa shape index (κ2) is 12.0. The summed E-state index contributed by atoms with van der Waals surface area (Å²) in [4.78, 5) is 10.7. The summed E-state index contributed by atoms with van der Waals surface area (Å²) in [6.45, 7) is 6.74. The summed E-state index contributed by atoms with van der Waals surface area (Å²) in [6.07, 6.45) is 3.87. The van der Waals surface area contributed by atoms with Crippen LogP contribution in [0.15, 0.2) is 84.9 Å². The third-order valence-electron chi connectivity index (χ3n) is 5.87. The first kappa shape index (κ1) is 24.9. The van der Waals surface area contributed by atoms with Crippen LogP contribution in [0.5, 0.6) is 0 Å². The zero-order valence-corrected chi connectivity index (χ0v) is 21.2. The van der Waals surface area contributed by atoms with Crippen LogP contribution in [-0.2, 0) is 15.6 Å². The number of aliphatic carboxylic acids is 1. The highest BCUT2D eigenvalue weighted by Crippen LogP contribution is 2.37. The van der Waals surface area contributed by atoms with E-state index in [0.29, 0.717) is 0 Å². The van der Waals surface area contributed by atoms with Crippen LogP contribution < -0.4 is 10.4 Å². The van der Waals surface area contributed by atoms with Crippen molar-refractivity contribution in [3.8, 4) is 0 Å². The van der Waals surface area contributed by atoms with E-state index < -0.39 is 15.0 Å². The largest absolute Gasteiger partial charge is 0.481 e. The van der Waals surface area contributed by atoms with Gasteiger partial charge in [-0.1, -0.05) is 112 Å². The lowest BCUT2D eigenvalue weighted by Gasteiger charge is -2.35. The number of unbranched alkanes of at least 4 members (excludes halogenated alkanes) is 2. The van der Waals surface area contributed by atoms with Gasteiger partial charge in [-0.15, -0.1) is 0 Å². The van der Waals surface area contributed by atoms with Crippen molar-refractivity contribution in [3.63, 3.8) is 0 Å². The van der Waals surface area contributed by atoms with Crippen molar-refractivity contribution in [1.82, 2.24) is 0 Å². The molecule has 0 aliphatic heterocycles. The molecular formula is C29H36O3Si. The van der Waals surface area contributed by atoms with Gasteiger partial charge < -0.3 is 9.53 Å². The lowest BCUT2D eigenvalue weighted by molar-refractivity contribution is -0.137. The molecule has 1 unspecified atom stereocenters. The average Bonchev–Trinajstić information content (AvgIpc) is 2.80. The van der Waals surface area contributed by atoms with E-state index in [9.17, 15) is 4.79 Å². The van der Waals surface area contributed by atoms with Crippen LogP contribution in [-0.4, -0.2) is 20.1 Å². The fourth-order valence-electron chi connectivity index (χ4n) is 4.22. The van der Waals surface area contributed by atoms with Gasteiger partial charge in [0.15, 0.2) is 0 Å². The maximum Gasteiger partial charge on any atom is 0.303 e. The summed E-state index contributed by atoms with van der Waals surface area (Å²) in [7, 11) is -1.89. The molecule has 0 saturated heterocycles. The Bertz CT molecular complexity index is 957. The maximum absolute atomic E-state index is 10.7. The molecule has 0 bridgehead atoms. The molecule has 0 aliphatic carbocycles. The molecule has 174 valence electrons. The van der Waals surface area contributed by atoms with Crippen molar-refractivity contribution in [1.29, 1.82) is 0 Å². The van der Waals surface area contributed by atoms with Gasteiger partial charge in [0.1, 0.15) is 0 Å². The van der Waals surface area contributed by atoms with E-state index in [0.717, 1.165) is 25.7 Å². The summed E-state index contributed by atoms with van der Waals surface area (Å²) in [5.41, 5.74) is 2.45. The van der Waals surface area contributed by atoms with Crippen molar-refractivity contribution in [2.24, 2.45) is 5.41 Å². The van der Waals surface area contributed by atoms with Gasteiger partial charge in [-0.3, -0.25) is 4.79 Å². The topological polar surface area (TPSA) is 46.5 Å². The molecule has 4 heteroatoms. The van der Waals surface area contributed by atoms with Crippen molar-refractivity contribution in [3.05, 3.63) is 96.1 Å². The van der Waals surface area contributed by atoms with E-state index in [1.165, 1.54) is 21.5 Å². The first-order chi connectivity index (χ1) is 15.8. The molecule has 3 rings (SSSR count). The molecule has 0 radical (unpaired) electrons. The first-order valence-electron chi connectivity index (χ1n) is 11.9. The molecule has 3 aromatic carbocycles. The standard InChI is InChI=1S/C29H36O3Si/c1-29(2,3)28(24-16-13-15-23(22-24)14-7-4-12-21-27(30)31)32-33(25-17-8-5-9-18-25)26-19-10-6-11-20-26/h5-6,8-11,13,15-20,22,28,33H,4,7,12,14,21H2,1-3H3,(H,30,31). The highest BCUT2D eigenvalue weighted by molar-refractivity contribution is 6.80. The SMILES string of the molecule is CC(C)(C)C(O[SiH](c1ccccc1)c1ccccc1)c1cccc(CCCCCC(=O)O)c1. The van der Waals surface area contributed by atoms with E-state index >= 15 is 0 Å². The molecule has 3 nitrogen and oxygen atoms in total. The van der Waals surface area contributed by atoms with Gasteiger partial charge in [0.25, 0.3) is 0 Å². The molecule has 0 spiro atoms. The molecular weight excluding hydrogens is 424 g/mol. The number of hydrogen-bond donors (Lipinski definition) is 1. The van der Waals surface area contributed by atoms with Gasteiger partial charge in [-0.25, -0.2) is 0 Å². The highest BCUT2D eigenvalue weighted by Gasteiger charge is 2.32. The molecule has 33 heavy (non-hydrogen) atoms. The molecule has 0 aromatic heterocycles. The summed E-state index contributed by atoms with van der Waals surface area (Å²) < 4.78 is 7.07. The minimum absolute atomic E-state index is 0.0264. The fraction of sp³-hybridized carbons (Fsp3) is 0.345. The summed E-state index contributed by atoms with van der Waals surface area (Å²) in [6, 6.07) is 30.0. The third-order valence-corrected chi connectivity index (χ3v) is 8.40. The quantitative estimate of drug-likeness (QED) is 0.303. The number of benzene rings is 3. The van der Waals surface area contributed by atoms with Gasteiger partial charge >= 0.3 is 5.97 Å². The van der Waals surface area contributed by atoms with Crippen molar-refractivity contribution < 1.29 is 14.3 Å². The average molecular weight is 461 g/mol. The number of hydrogen-bond acceptors (Lipinski definition) is 2.